The third kappa shape index (κ3) is 3.86. The van der Waals surface area contributed by atoms with Crippen LogP contribution < -0.4 is 19.1 Å². The van der Waals surface area contributed by atoms with Gasteiger partial charge in [-0.15, -0.1) is 5.10 Å². The van der Waals surface area contributed by atoms with Crippen molar-refractivity contribution < 1.29 is 23.5 Å². The van der Waals surface area contributed by atoms with Gasteiger partial charge in [-0.1, -0.05) is 24.3 Å². The van der Waals surface area contributed by atoms with Crippen LogP contribution in [0.3, 0.4) is 0 Å². The summed E-state index contributed by atoms with van der Waals surface area (Å²) < 4.78 is 23.8. The fourth-order valence-corrected chi connectivity index (χ4v) is 3.90. The Morgan fingerprint density at radius 3 is 2.41 bits per heavy atom. The molecule has 0 fully saturated rings. The number of fused-ring (bicyclic) bond motifs is 1. The number of quaternary nitrogens is 1. The van der Waals surface area contributed by atoms with Gasteiger partial charge in [0.25, 0.3) is 4.84 Å². The fraction of sp³-hybridized carbons (Fsp3) is 0.333. The molecule has 1 aliphatic heterocycles. The van der Waals surface area contributed by atoms with E-state index in [2.05, 4.69) is 29.4 Å². The quantitative estimate of drug-likeness (QED) is 0.626. The highest BCUT2D eigenvalue weighted by Gasteiger charge is 2.22. The average molecular weight is 415 g/mol. The maximum Gasteiger partial charge on any atom is 0.292 e. The summed E-state index contributed by atoms with van der Waals surface area (Å²) in [5.74, 6) is 2.02. The van der Waals surface area contributed by atoms with Gasteiger partial charge in [0.15, 0.2) is 18.2 Å². The van der Waals surface area contributed by atoms with Crippen molar-refractivity contribution >= 4 is 12.2 Å². The number of aromatic nitrogens is 2. The zero-order chi connectivity index (χ0) is 20.4. The van der Waals surface area contributed by atoms with Crippen molar-refractivity contribution in [3.05, 3.63) is 52.4 Å². The Morgan fingerprint density at radius 2 is 1.76 bits per heavy atom. The predicted octanol–water partition coefficient (Wildman–Crippen LogP) is 2.50. The number of hydrogen-bond acceptors (Lipinski definition) is 6. The van der Waals surface area contributed by atoms with Crippen LogP contribution in [0.2, 0.25) is 0 Å². The van der Waals surface area contributed by atoms with Gasteiger partial charge in [0.05, 0.1) is 27.9 Å². The number of methoxy groups -OCH3 is 3. The highest BCUT2D eigenvalue weighted by atomic mass is 32.1. The van der Waals surface area contributed by atoms with Gasteiger partial charge in [0, 0.05) is 17.5 Å². The Morgan fingerprint density at radius 1 is 1.07 bits per heavy atom. The molecule has 1 N–H and O–H groups in total. The van der Waals surface area contributed by atoms with Crippen LogP contribution in [-0.2, 0) is 19.6 Å². The molecule has 0 spiro atoms. The molecule has 0 saturated carbocycles. The van der Waals surface area contributed by atoms with Crippen molar-refractivity contribution in [1.82, 2.24) is 9.78 Å². The summed E-state index contributed by atoms with van der Waals surface area (Å²) in [5, 5.41) is 4.61. The van der Waals surface area contributed by atoms with Crippen LogP contribution in [0.1, 0.15) is 11.1 Å². The molecule has 1 aliphatic rings. The van der Waals surface area contributed by atoms with Crippen LogP contribution >= 0.6 is 12.2 Å². The fourth-order valence-electron chi connectivity index (χ4n) is 3.72. The molecular formula is C21H24N3O4S+. The second-order valence-electron chi connectivity index (χ2n) is 6.94. The van der Waals surface area contributed by atoms with Crippen LogP contribution in [0, 0.1) is 4.84 Å². The van der Waals surface area contributed by atoms with Gasteiger partial charge in [-0.2, -0.15) is 4.68 Å². The van der Waals surface area contributed by atoms with Gasteiger partial charge < -0.3 is 23.5 Å². The molecule has 1 atom stereocenters. The molecular weight excluding hydrogens is 390 g/mol. The maximum absolute atomic E-state index is 5.79. The third-order valence-corrected chi connectivity index (χ3v) is 5.49. The van der Waals surface area contributed by atoms with Gasteiger partial charge in [0.1, 0.15) is 6.54 Å². The normalized spacial score (nSPS) is 15.6. The Kier molecular flexibility index (Phi) is 5.55. The first-order chi connectivity index (χ1) is 14.1. The number of nitrogens with zero attached hydrogens (tertiary/aromatic N) is 2. The lowest BCUT2D eigenvalue weighted by molar-refractivity contribution is -0.939. The summed E-state index contributed by atoms with van der Waals surface area (Å²) in [6, 6.07) is 12.2. The number of nitrogens with one attached hydrogen (secondary N) is 1. The van der Waals surface area contributed by atoms with E-state index in [-0.39, 0.29) is 0 Å². The van der Waals surface area contributed by atoms with Gasteiger partial charge in [-0.05, 0) is 29.9 Å². The summed E-state index contributed by atoms with van der Waals surface area (Å²) in [4.78, 5) is 1.74. The predicted molar refractivity (Wildman–Crippen MR) is 110 cm³/mol. The monoisotopic (exact) mass is 414 g/mol. The van der Waals surface area contributed by atoms with Gasteiger partial charge in [-0.25, -0.2) is 0 Å². The van der Waals surface area contributed by atoms with Crippen LogP contribution in [0.4, 0.5) is 0 Å². The lowest BCUT2D eigenvalue weighted by Gasteiger charge is -2.25. The first kappa shape index (κ1) is 19.5. The van der Waals surface area contributed by atoms with Crippen molar-refractivity contribution in [2.45, 2.75) is 19.6 Å². The largest absolute Gasteiger partial charge is 0.493 e. The Hall–Kier alpha value is -2.84. The second-order valence-corrected chi connectivity index (χ2v) is 7.29. The van der Waals surface area contributed by atoms with E-state index < -0.39 is 0 Å². The van der Waals surface area contributed by atoms with Crippen molar-refractivity contribution in [2.24, 2.45) is 0 Å². The SMILES string of the molecule is COc1cc(-c2nn(C[NH+]3CCc4ccccc4C3)c(=S)o2)cc(OC)c1OC. The molecule has 4 rings (SSSR count). The highest BCUT2D eigenvalue weighted by molar-refractivity contribution is 7.71. The molecule has 2 aromatic carbocycles. The maximum atomic E-state index is 5.79. The van der Waals surface area contributed by atoms with Crippen molar-refractivity contribution in [3.63, 3.8) is 0 Å². The van der Waals surface area contributed by atoms with Crippen LogP contribution in [0.25, 0.3) is 11.5 Å². The molecule has 0 amide bonds. The minimum absolute atomic E-state index is 0.347. The van der Waals surface area contributed by atoms with Crippen molar-refractivity contribution in [1.29, 1.82) is 0 Å². The van der Waals surface area contributed by atoms with E-state index in [1.807, 2.05) is 0 Å². The van der Waals surface area contributed by atoms with E-state index in [1.54, 1.807) is 38.1 Å². The van der Waals surface area contributed by atoms with Crippen LogP contribution in [0.5, 0.6) is 17.2 Å². The van der Waals surface area contributed by atoms with Crippen molar-refractivity contribution in [3.8, 4) is 28.7 Å². The molecule has 1 aromatic heterocycles. The van der Waals surface area contributed by atoms with Crippen LogP contribution in [0.15, 0.2) is 40.8 Å². The van der Waals surface area contributed by atoms with Gasteiger partial charge in [-0.3, -0.25) is 0 Å². The van der Waals surface area contributed by atoms with Crippen molar-refractivity contribution in [2.75, 3.05) is 27.9 Å². The van der Waals surface area contributed by atoms with E-state index in [0.717, 1.165) is 19.5 Å². The number of hydrogen-bond donors (Lipinski definition) is 1. The highest BCUT2D eigenvalue weighted by Crippen LogP contribution is 2.40. The Labute approximate surface area is 174 Å². The van der Waals surface area contributed by atoms with Gasteiger partial charge >= 0.3 is 0 Å². The number of benzene rings is 2. The third-order valence-electron chi connectivity index (χ3n) is 5.20. The molecule has 8 heteroatoms. The zero-order valence-electron chi connectivity index (χ0n) is 16.7. The minimum atomic E-state index is 0.347. The molecule has 29 heavy (non-hydrogen) atoms. The molecule has 0 bridgehead atoms. The standard InChI is InChI=1S/C21H23N3O4S/c1-25-17-10-16(11-18(26-2)19(17)27-3)20-22-24(21(29)28-20)13-23-9-8-14-6-4-5-7-15(14)12-23/h4-7,10-11H,8-9,12-13H2,1-3H3/p+1. The summed E-state index contributed by atoms with van der Waals surface area (Å²) >= 11 is 5.42. The molecule has 3 aromatic rings. The number of rotatable bonds is 6. The first-order valence-electron chi connectivity index (χ1n) is 9.41. The summed E-state index contributed by atoms with van der Waals surface area (Å²) in [7, 11) is 4.72. The zero-order valence-corrected chi connectivity index (χ0v) is 17.5. The molecule has 0 radical (unpaired) electrons. The molecule has 152 valence electrons. The van der Waals surface area contributed by atoms with E-state index >= 15 is 0 Å². The number of ether oxygens (including phenoxy) is 3. The average Bonchev–Trinajstić information content (AvgIpc) is 3.12. The molecule has 1 unspecified atom stereocenters. The second kappa shape index (κ2) is 8.26. The molecule has 0 aliphatic carbocycles. The van der Waals surface area contributed by atoms with E-state index in [1.165, 1.54) is 16.0 Å². The molecule has 0 saturated heterocycles. The van der Waals surface area contributed by atoms with Crippen LogP contribution in [-0.4, -0.2) is 37.7 Å². The first-order valence-corrected chi connectivity index (χ1v) is 9.82. The lowest BCUT2D eigenvalue weighted by atomic mass is 10.0. The van der Waals surface area contributed by atoms with E-state index in [9.17, 15) is 0 Å². The lowest BCUT2D eigenvalue weighted by Crippen LogP contribution is -3.11. The topological polar surface area (TPSA) is 63.1 Å². The summed E-state index contributed by atoms with van der Waals surface area (Å²) in [5.41, 5.74) is 3.52. The molecule has 2 heterocycles. The Balaban J connectivity index is 1.60. The van der Waals surface area contributed by atoms with E-state index in [0.29, 0.717) is 40.2 Å². The van der Waals surface area contributed by atoms with E-state index in [4.69, 9.17) is 30.8 Å². The minimum Gasteiger partial charge on any atom is -0.493 e. The summed E-state index contributed by atoms with van der Waals surface area (Å²) in [6.07, 6.45) is 1.05. The Bertz CT molecular complexity index is 1050. The summed E-state index contributed by atoms with van der Waals surface area (Å²) in [6.45, 7) is 2.64. The molecule has 7 nitrogen and oxygen atoms in total. The smallest absolute Gasteiger partial charge is 0.292 e. The van der Waals surface area contributed by atoms with Gasteiger partial charge in [0.2, 0.25) is 11.6 Å².